The number of ketones is 1. The molecule has 4 heteroatoms. The Morgan fingerprint density at radius 1 is 0.963 bits per heavy atom. The first-order chi connectivity index (χ1) is 13.0. The van der Waals surface area contributed by atoms with Crippen molar-refractivity contribution in [2.75, 3.05) is 0 Å². The Hall–Kier alpha value is -3.66. The molecule has 4 rings (SSSR count). The molecule has 1 N–H and O–H groups in total. The minimum absolute atomic E-state index is 0.248. The highest BCUT2D eigenvalue weighted by atomic mass is 16.4. The lowest BCUT2D eigenvalue weighted by Gasteiger charge is -2.08. The summed E-state index contributed by atoms with van der Waals surface area (Å²) in [6.45, 7) is 1.54. The molecular formula is C23H16O4. The number of benzene rings is 3. The van der Waals surface area contributed by atoms with Crippen molar-refractivity contribution in [2.24, 2.45) is 0 Å². The van der Waals surface area contributed by atoms with E-state index in [1.54, 1.807) is 6.08 Å². The summed E-state index contributed by atoms with van der Waals surface area (Å²) in [5.41, 5.74) is -0.320. The van der Waals surface area contributed by atoms with Crippen molar-refractivity contribution in [1.82, 2.24) is 0 Å². The second-order valence-corrected chi connectivity index (χ2v) is 6.33. The van der Waals surface area contributed by atoms with Gasteiger partial charge in [0.2, 0.25) is 0 Å². The molecule has 1 aromatic heterocycles. The summed E-state index contributed by atoms with van der Waals surface area (Å²) in [6, 6.07) is 19.2. The number of hydrogen-bond acceptors (Lipinski definition) is 4. The van der Waals surface area contributed by atoms with Crippen molar-refractivity contribution in [1.29, 1.82) is 0 Å². The van der Waals surface area contributed by atoms with Gasteiger partial charge < -0.3 is 9.52 Å². The van der Waals surface area contributed by atoms with Crippen LogP contribution in [0.15, 0.2) is 76.0 Å². The summed E-state index contributed by atoms with van der Waals surface area (Å²) in [5.74, 6) is -0.725. The Morgan fingerprint density at radius 2 is 1.56 bits per heavy atom. The summed E-state index contributed by atoms with van der Waals surface area (Å²) in [6.07, 6.45) is 2.99. The fraction of sp³-hybridized carbons (Fsp3) is 0.0435. The Morgan fingerprint density at radius 3 is 2.15 bits per heavy atom. The normalized spacial score (nSPS) is 11.4. The summed E-state index contributed by atoms with van der Waals surface area (Å²) in [7, 11) is 0. The second-order valence-electron chi connectivity index (χ2n) is 6.33. The van der Waals surface area contributed by atoms with E-state index in [2.05, 4.69) is 6.07 Å². The molecule has 0 saturated heterocycles. The van der Waals surface area contributed by atoms with Crippen LogP contribution in [0.2, 0.25) is 0 Å². The van der Waals surface area contributed by atoms with Crippen molar-refractivity contribution in [3.8, 4) is 5.75 Å². The minimum Gasteiger partial charge on any atom is -0.507 e. The van der Waals surface area contributed by atoms with E-state index >= 15 is 0 Å². The Balaban J connectivity index is 1.88. The Kier molecular flexibility index (Phi) is 4.09. The maximum absolute atomic E-state index is 12.5. The highest BCUT2D eigenvalue weighted by Crippen LogP contribution is 2.29. The molecule has 0 saturated carbocycles. The lowest BCUT2D eigenvalue weighted by Crippen LogP contribution is -2.12. The van der Waals surface area contributed by atoms with E-state index in [4.69, 9.17) is 4.42 Å². The number of carbonyl (C=O) groups excluding carboxylic acids is 1. The van der Waals surface area contributed by atoms with Gasteiger partial charge in [0.1, 0.15) is 17.1 Å². The summed E-state index contributed by atoms with van der Waals surface area (Å²) < 4.78 is 4.93. The number of fused-ring (bicyclic) bond motifs is 2. The first-order valence-electron chi connectivity index (χ1n) is 8.51. The molecule has 0 unspecified atom stereocenters. The molecule has 1 heterocycles. The average Bonchev–Trinajstić information content (AvgIpc) is 2.64. The van der Waals surface area contributed by atoms with Gasteiger partial charge in [-0.1, -0.05) is 48.5 Å². The molecule has 0 aliphatic rings. The highest BCUT2D eigenvalue weighted by molar-refractivity contribution is 6.12. The van der Waals surface area contributed by atoms with E-state index < -0.39 is 11.4 Å². The van der Waals surface area contributed by atoms with Crippen LogP contribution in [-0.2, 0) is 0 Å². The lowest BCUT2D eigenvalue weighted by atomic mass is 9.96. The van der Waals surface area contributed by atoms with Gasteiger partial charge in [0.05, 0.1) is 0 Å². The lowest BCUT2D eigenvalue weighted by molar-refractivity contribution is 0.104. The van der Waals surface area contributed by atoms with Crippen molar-refractivity contribution in [3.05, 3.63) is 94.0 Å². The van der Waals surface area contributed by atoms with Gasteiger partial charge in [0.15, 0.2) is 5.78 Å². The Bertz CT molecular complexity index is 1220. The zero-order chi connectivity index (χ0) is 19.0. The van der Waals surface area contributed by atoms with Gasteiger partial charge in [0, 0.05) is 6.07 Å². The van der Waals surface area contributed by atoms with E-state index in [-0.39, 0.29) is 17.1 Å². The summed E-state index contributed by atoms with van der Waals surface area (Å²) >= 11 is 0. The van der Waals surface area contributed by atoms with E-state index in [1.807, 2.05) is 48.5 Å². The van der Waals surface area contributed by atoms with Gasteiger partial charge in [-0.25, -0.2) is 4.79 Å². The number of carbonyl (C=O) groups is 1. The van der Waals surface area contributed by atoms with Crippen LogP contribution in [0.5, 0.6) is 5.75 Å². The average molecular weight is 356 g/mol. The number of aryl methyl sites for hydroxylation is 1. The highest BCUT2D eigenvalue weighted by Gasteiger charge is 2.16. The molecule has 0 bridgehead atoms. The minimum atomic E-state index is -0.843. The van der Waals surface area contributed by atoms with Crippen LogP contribution in [0.1, 0.15) is 21.7 Å². The molecule has 132 valence electrons. The van der Waals surface area contributed by atoms with Gasteiger partial charge in [0.25, 0.3) is 0 Å². The van der Waals surface area contributed by atoms with Crippen LogP contribution >= 0.6 is 0 Å². The van der Waals surface area contributed by atoms with Crippen molar-refractivity contribution in [2.45, 2.75) is 6.92 Å². The van der Waals surface area contributed by atoms with Crippen LogP contribution in [-0.4, -0.2) is 10.9 Å². The fourth-order valence-corrected chi connectivity index (χ4v) is 3.29. The van der Waals surface area contributed by atoms with E-state index in [9.17, 15) is 14.7 Å². The van der Waals surface area contributed by atoms with Gasteiger partial charge >= 0.3 is 5.63 Å². The molecule has 0 spiro atoms. The van der Waals surface area contributed by atoms with Crippen molar-refractivity contribution >= 4 is 33.4 Å². The van der Waals surface area contributed by atoms with E-state index in [0.717, 1.165) is 27.1 Å². The zero-order valence-electron chi connectivity index (χ0n) is 14.6. The van der Waals surface area contributed by atoms with Crippen molar-refractivity contribution < 1.29 is 14.3 Å². The van der Waals surface area contributed by atoms with Gasteiger partial charge in [-0.05, 0) is 52.3 Å². The maximum atomic E-state index is 12.5. The van der Waals surface area contributed by atoms with Crippen LogP contribution in [0.25, 0.3) is 27.6 Å². The van der Waals surface area contributed by atoms with E-state index in [0.29, 0.717) is 0 Å². The topological polar surface area (TPSA) is 67.5 Å². The Labute approximate surface area is 155 Å². The molecule has 0 aliphatic carbocycles. The molecule has 27 heavy (non-hydrogen) atoms. The molecule has 4 nitrogen and oxygen atoms in total. The van der Waals surface area contributed by atoms with Gasteiger partial charge in [-0.3, -0.25) is 4.79 Å². The maximum Gasteiger partial charge on any atom is 0.351 e. The predicted octanol–water partition coefficient (Wildman–Crippen LogP) is 4.86. The van der Waals surface area contributed by atoms with Gasteiger partial charge in [-0.15, -0.1) is 0 Å². The smallest absolute Gasteiger partial charge is 0.351 e. The first-order valence-corrected chi connectivity index (χ1v) is 8.51. The van der Waals surface area contributed by atoms with Gasteiger partial charge in [-0.2, -0.15) is 0 Å². The summed E-state index contributed by atoms with van der Waals surface area (Å²) in [4.78, 5) is 24.5. The second kappa shape index (κ2) is 6.57. The monoisotopic (exact) mass is 356 g/mol. The third kappa shape index (κ3) is 3.02. The molecule has 3 aromatic carbocycles. The molecule has 0 fully saturated rings. The first kappa shape index (κ1) is 16.8. The van der Waals surface area contributed by atoms with Crippen LogP contribution in [0, 0.1) is 6.92 Å². The van der Waals surface area contributed by atoms with Crippen LogP contribution in [0.3, 0.4) is 0 Å². The number of allylic oxidation sites excluding steroid dienone is 1. The predicted molar refractivity (Wildman–Crippen MR) is 106 cm³/mol. The van der Waals surface area contributed by atoms with Crippen LogP contribution in [0.4, 0.5) is 0 Å². The molecule has 0 atom stereocenters. The number of hydrogen-bond donors (Lipinski definition) is 1. The molecule has 0 aliphatic heterocycles. The SMILES string of the molecule is Cc1cc(O)c(C(=O)/C=C/c2c3ccccc3cc3ccccc23)c(=O)o1. The third-order valence-electron chi connectivity index (χ3n) is 4.51. The molecule has 4 aromatic rings. The number of aromatic hydroxyl groups is 1. The quantitative estimate of drug-likeness (QED) is 0.323. The molecular weight excluding hydrogens is 340 g/mol. The van der Waals surface area contributed by atoms with E-state index in [1.165, 1.54) is 19.1 Å². The molecule has 0 radical (unpaired) electrons. The zero-order valence-corrected chi connectivity index (χ0v) is 14.6. The molecule has 0 amide bonds. The van der Waals surface area contributed by atoms with Crippen molar-refractivity contribution in [3.63, 3.8) is 0 Å². The standard InChI is InChI=1S/C23H16O4/c1-14-12-21(25)22(23(26)27-14)20(24)11-10-19-17-8-4-2-6-15(17)13-16-7-3-5-9-18(16)19/h2-13,25H,1H3/b11-10+. The largest absolute Gasteiger partial charge is 0.507 e. The fourth-order valence-electron chi connectivity index (χ4n) is 3.29. The third-order valence-corrected chi connectivity index (χ3v) is 4.51. The summed E-state index contributed by atoms with van der Waals surface area (Å²) in [5, 5.41) is 14.1. The number of rotatable bonds is 3. The van der Waals surface area contributed by atoms with Crippen LogP contribution < -0.4 is 5.63 Å².